The Hall–Kier alpha value is -2.21. The van der Waals surface area contributed by atoms with Gasteiger partial charge in [0.15, 0.2) is 6.29 Å². The molecule has 27 heavy (non-hydrogen) atoms. The fourth-order valence-corrected chi connectivity index (χ4v) is 2.95. The minimum absolute atomic E-state index is 0.0865. The molecule has 0 aliphatic heterocycles. The highest BCUT2D eigenvalue weighted by atomic mass is 16.7. The number of methoxy groups -OCH3 is 1. The number of carbonyl (C=O) groups is 1. The predicted molar refractivity (Wildman–Crippen MR) is 107 cm³/mol. The summed E-state index contributed by atoms with van der Waals surface area (Å²) in [4.78, 5) is 14.8. The molecule has 0 radical (unpaired) electrons. The molecule has 0 saturated heterocycles. The molecule has 2 rings (SSSR count). The van der Waals surface area contributed by atoms with Crippen molar-refractivity contribution in [3.63, 3.8) is 0 Å². The van der Waals surface area contributed by atoms with Gasteiger partial charge in [0.05, 0.1) is 12.6 Å². The van der Waals surface area contributed by atoms with Crippen LogP contribution in [0.25, 0.3) is 0 Å². The molecule has 2 aromatic carbocycles. The molecule has 0 heterocycles. The Kier molecular flexibility index (Phi) is 8.98. The van der Waals surface area contributed by atoms with Crippen molar-refractivity contribution in [1.29, 1.82) is 0 Å². The molecular formula is C22H30N2O3. The van der Waals surface area contributed by atoms with E-state index >= 15 is 0 Å². The Morgan fingerprint density at radius 3 is 2.19 bits per heavy atom. The van der Waals surface area contributed by atoms with Gasteiger partial charge in [-0.15, -0.1) is 0 Å². The van der Waals surface area contributed by atoms with Gasteiger partial charge >= 0.3 is 0 Å². The lowest BCUT2D eigenvalue weighted by Crippen LogP contribution is -2.49. The van der Waals surface area contributed by atoms with Crippen LogP contribution < -0.4 is 5.73 Å². The van der Waals surface area contributed by atoms with Crippen LogP contribution in [0.3, 0.4) is 0 Å². The van der Waals surface area contributed by atoms with E-state index in [2.05, 4.69) is 12.1 Å². The number of hydrogen-bond donors (Lipinski definition) is 1. The number of hydrogen-bond acceptors (Lipinski definition) is 4. The largest absolute Gasteiger partial charge is 0.354 e. The molecule has 2 atom stereocenters. The van der Waals surface area contributed by atoms with Gasteiger partial charge in [-0.2, -0.15) is 0 Å². The molecular weight excluding hydrogens is 340 g/mol. The number of nitrogens with two attached hydrogens (primary N) is 1. The maximum Gasteiger partial charge on any atom is 0.240 e. The third-order valence-electron chi connectivity index (χ3n) is 4.43. The van der Waals surface area contributed by atoms with Crippen LogP contribution in [-0.2, 0) is 27.1 Å². The molecule has 0 spiro atoms. The van der Waals surface area contributed by atoms with E-state index in [1.807, 2.05) is 55.5 Å². The molecule has 5 heteroatoms. The Balaban J connectivity index is 2.05. The fraction of sp³-hybridized carbons (Fsp3) is 0.409. The van der Waals surface area contributed by atoms with Crippen molar-refractivity contribution in [3.05, 3.63) is 71.8 Å². The molecule has 146 valence electrons. The molecule has 0 aliphatic rings. The van der Waals surface area contributed by atoms with Crippen molar-refractivity contribution in [2.24, 2.45) is 5.73 Å². The maximum absolute atomic E-state index is 13.0. The molecule has 2 aromatic rings. The minimum atomic E-state index is -0.595. The molecule has 0 aromatic heterocycles. The van der Waals surface area contributed by atoms with Crippen LogP contribution in [0.5, 0.6) is 0 Å². The number of carbonyl (C=O) groups excluding carboxylic acids is 1. The van der Waals surface area contributed by atoms with Crippen LogP contribution in [0.2, 0.25) is 0 Å². The van der Waals surface area contributed by atoms with Gasteiger partial charge in [0.25, 0.3) is 0 Å². The summed E-state index contributed by atoms with van der Waals surface area (Å²) < 4.78 is 10.9. The van der Waals surface area contributed by atoms with E-state index in [0.717, 1.165) is 12.0 Å². The number of benzene rings is 2. The molecule has 2 N–H and O–H groups in total. The average molecular weight is 370 g/mol. The first-order chi connectivity index (χ1) is 13.1. The Labute approximate surface area is 162 Å². The molecule has 0 bridgehead atoms. The van der Waals surface area contributed by atoms with E-state index in [4.69, 9.17) is 15.2 Å². The minimum Gasteiger partial charge on any atom is -0.354 e. The first-order valence-electron chi connectivity index (χ1n) is 9.40. The molecule has 0 saturated carbocycles. The lowest BCUT2D eigenvalue weighted by atomic mass is 10.1. The second kappa shape index (κ2) is 11.5. The summed E-state index contributed by atoms with van der Waals surface area (Å²) in [7, 11) is 1.59. The van der Waals surface area contributed by atoms with Crippen molar-refractivity contribution in [2.45, 2.75) is 32.1 Å². The van der Waals surface area contributed by atoms with Gasteiger partial charge < -0.3 is 20.1 Å². The standard InChI is InChI=1S/C22H30N2O3/c1-3-27-21(26-2)17-24(15-14-18-10-6-4-7-11-18)22(25)20(23)16-19-12-8-5-9-13-19/h4-13,20-21H,3,14-17,23H2,1-2H3/t20-,21?/m0/s1. The zero-order chi connectivity index (χ0) is 19.5. The summed E-state index contributed by atoms with van der Waals surface area (Å²) in [6.45, 7) is 3.36. The van der Waals surface area contributed by atoms with Gasteiger partial charge in [0, 0.05) is 20.3 Å². The first-order valence-corrected chi connectivity index (χ1v) is 9.40. The van der Waals surface area contributed by atoms with E-state index in [-0.39, 0.29) is 5.91 Å². The lowest BCUT2D eigenvalue weighted by Gasteiger charge is -2.29. The van der Waals surface area contributed by atoms with Crippen LogP contribution in [0.1, 0.15) is 18.1 Å². The van der Waals surface area contributed by atoms with Crippen molar-refractivity contribution in [3.8, 4) is 0 Å². The zero-order valence-electron chi connectivity index (χ0n) is 16.2. The van der Waals surface area contributed by atoms with E-state index < -0.39 is 12.3 Å². The summed E-state index contributed by atoms with van der Waals surface area (Å²) in [6.07, 6.45) is 0.805. The number of rotatable bonds is 11. The lowest BCUT2D eigenvalue weighted by molar-refractivity contribution is -0.152. The third kappa shape index (κ3) is 7.13. The Morgan fingerprint density at radius 2 is 1.63 bits per heavy atom. The predicted octanol–water partition coefficient (Wildman–Crippen LogP) is 2.64. The van der Waals surface area contributed by atoms with Gasteiger partial charge in [-0.1, -0.05) is 60.7 Å². The van der Waals surface area contributed by atoms with Crippen molar-refractivity contribution in [2.75, 3.05) is 26.8 Å². The highest BCUT2D eigenvalue weighted by Crippen LogP contribution is 2.09. The van der Waals surface area contributed by atoms with Crippen LogP contribution >= 0.6 is 0 Å². The topological polar surface area (TPSA) is 64.8 Å². The second-order valence-electron chi connectivity index (χ2n) is 6.44. The SMILES string of the molecule is CCOC(CN(CCc1ccccc1)C(=O)[C@@H](N)Cc1ccccc1)OC. The first kappa shape index (κ1) is 21.1. The quantitative estimate of drug-likeness (QED) is 0.618. The summed E-state index contributed by atoms with van der Waals surface area (Å²) in [5.74, 6) is -0.0865. The van der Waals surface area contributed by atoms with Crippen LogP contribution in [-0.4, -0.2) is 49.9 Å². The smallest absolute Gasteiger partial charge is 0.240 e. The Bertz CT molecular complexity index is 664. The summed E-state index contributed by atoms with van der Waals surface area (Å²) >= 11 is 0. The van der Waals surface area contributed by atoms with E-state index in [0.29, 0.717) is 26.1 Å². The number of ether oxygens (including phenoxy) is 2. The van der Waals surface area contributed by atoms with Gasteiger partial charge in [-0.3, -0.25) is 4.79 Å². The summed E-state index contributed by atoms with van der Waals surface area (Å²) in [5, 5.41) is 0. The van der Waals surface area contributed by atoms with Crippen molar-refractivity contribution < 1.29 is 14.3 Å². The fourth-order valence-electron chi connectivity index (χ4n) is 2.95. The van der Waals surface area contributed by atoms with Crippen molar-refractivity contribution in [1.82, 2.24) is 4.90 Å². The molecule has 1 unspecified atom stereocenters. The van der Waals surface area contributed by atoms with E-state index in [1.165, 1.54) is 5.56 Å². The average Bonchev–Trinajstić information content (AvgIpc) is 2.71. The summed E-state index contributed by atoms with van der Waals surface area (Å²) in [6, 6.07) is 19.3. The monoisotopic (exact) mass is 370 g/mol. The molecule has 0 aliphatic carbocycles. The van der Waals surface area contributed by atoms with Gasteiger partial charge in [-0.05, 0) is 30.9 Å². The van der Waals surface area contributed by atoms with Gasteiger partial charge in [0.1, 0.15) is 0 Å². The van der Waals surface area contributed by atoms with E-state index in [9.17, 15) is 4.79 Å². The molecule has 1 amide bonds. The second-order valence-corrected chi connectivity index (χ2v) is 6.44. The number of amides is 1. The number of nitrogens with zero attached hydrogens (tertiary/aromatic N) is 1. The van der Waals surface area contributed by atoms with Crippen molar-refractivity contribution >= 4 is 5.91 Å². The van der Waals surface area contributed by atoms with Gasteiger partial charge in [-0.25, -0.2) is 0 Å². The highest BCUT2D eigenvalue weighted by molar-refractivity contribution is 5.82. The van der Waals surface area contributed by atoms with Crippen LogP contribution in [0.15, 0.2) is 60.7 Å². The van der Waals surface area contributed by atoms with Gasteiger partial charge in [0.2, 0.25) is 5.91 Å². The molecule has 0 fully saturated rings. The summed E-state index contributed by atoms with van der Waals surface area (Å²) in [5.41, 5.74) is 8.47. The van der Waals surface area contributed by atoms with Crippen LogP contribution in [0.4, 0.5) is 0 Å². The molecule has 5 nitrogen and oxygen atoms in total. The van der Waals surface area contributed by atoms with Crippen LogP contribution in [0, 0.1) is 0 Å². The third-order valence-corrected chi connectivity index (χ3v) is 4.43. The highest BCUT2D eigenvalue weighted by Gasteiger charge is 2.24. The maximum atomic E-state index is 13.0. The zero-order valence-corrected chi connectivity index (χ0v) is 16.2. The Morgan fingerprint density at radius 1 is 1.04 bits per heavy atom. The normalized spacial score (nSPS) is 13.1. The van der Waals surface area contributed by atoms with E-state index in [1.54, 1.807) is 12.0 Å².